The quantitative estimate of drug-likeness (QED) is 0.500. The van der Waals surface area contributed by atoms with Gasteiger partial charge < -0.3 is 10.2 Å². The smallest absolute Gasteiger partial charge is 0.235 e. The summed E-state index contributed by atoms with van der Waals surface area (Å²) in [5, 5.41) is 8.50. The van der Waals surface area contributed by atoms with Crippen LogP contribution >= 0.6 is 0 Å². The molecule has 1 aromatic carbocycles. The Morgan fingerprint density at radius 2 is 1.88 bits per heavy atom. The SMILES string of the molecule is CC1(C)C(=O)Nc2nc(-c3nn(Cc4ccccc4F)c4ncccc34)nc(N3CCCC3)c21. The van der Waals surface area contributed by atoms with Crippen molar-refractivity contribution in [1.29, 1.82) is 0 Å². The third-order valence-electron chi connectivity index (χ3n) is 6.72. The van der Waals surface area contributed by atoms with Gasteiger partial charge in [0.25, 0.3) is 0 Å². The minimum atomic E-state index is -0.723. The lowest BCUT2D eigenvalue weighted by atomic mass is 9.87. The zero-order chi connectivity index (χ0) is 23.4. The Hall–Kier alpha value is -3.88. The molecule has 0 aliphatic carbocycles. The van der Waals surface area contributed by atoms with E-state index in [1.54, 1.807) is 29.1 Å². The number of anilines is 2. The Morgan fingerprint density at radius 3 is 2.68 bits per heavy atom. The molecule has 9 heteroatoms. The van der Waals surface area contributed by atoms with Gasteiger partial charge in [-0.25, -0.2) is 24.0 Å². The number of aromatic nitrogens is 5. The standard InChI is InChI=1S/C25H24FN7O/c1-25(2)18-20(30-24(25)34)28-21(29-23(18)32-12-5-6-13-32)19-16-9-7-11-27-22(16)33(31-19)14-15-8-3-4-10-17(15)26/h3-4,7-11H,5-6,12-14H2,1-2H3,(H,28,29,30,34). The van der Waals surface area contributed by atoms with Crippen LogP contribution in [-0.2, 0) is 16.8 Å². The monoisotopic (exact) mass is 457 g/mol. The van der Waals surface area contributed by atoms with Gasteiger partial charge in [-0.1, -0.05) is 18.2 Å². The van der Waals surface area contributed by atoms with Crippen molar-refractivity contribution in [1.82, 2.24) is 24.7 Å². The molecule has 1 amide bonds. The van der Waals surface area contributed by atoms with E-state index in [0.717, 1.165) is 42.7 Å². The predicted octanol–water partition coefficient (Wildman–Crippen LogP) is 3.91. The predicted molar refractivity (Wildman–Crippen MR) is 127 cm³/mol. The zero-order valence-electron chi connectivity index (χ0n) is 19.0. The molecule has 0 bridgehead atoms. The molecule has 34 heavy (non-hydrogen) atoms. The lowest BCUT2D eigenvalue weighted by Crippen LogP contribution is -2.30. The Morgan fingerprint density at radius 1 is 1.09 bits per heavy atom. The zero-order valence-corrected chi connectivity index (χ0v) is 19.0. The lowest BCUT2D eigenvalue weighted by molar-refractivity contribution is -0.119. The summed E-state index contributed by atoms with van der Waals surface area (Å²) in [6.07, 6.45) is 3.85. The first-order chi connectivity index (χ1) is 16.4. The van der Waals surface area contributed by atoms with Gasteiger partial charge >= 0.3 is 0 Å². The Labute approximate surface area is 195 Å². The Balaban J connectivity index is 1.53. The number of nitrogens with zero attached hydrogens (tertiary/aromatic N) is 6. The summed E-state index contributed by atoms with van der Waals surface area (Å²) in [6, 6.07) is 10.4. The minimum absolute atomic E-state index is 0.0917. The van der Waals surface area contributed by atoms with Gasteiger partial charge in [-0.15, -0.1) is 0 Å². The van der Waals surface area contributed by atoms with Crippen LogP contribution in [0.15, 0.2) is 42.6 Å². The van der Waals surface area contributed by atoms with Gasteiger partial charge in [-0.3, -0.25) is 4.79 Å². The number of carbonyl (C=O) groups is 1. The number of pyridine rings is 1. The molecule has 2 aliphatic heterocycles. The van der Waals surface area contributed by atoms with E-state index in [-0.39, 0.29) is 18.3 Å². The topological polar surface area (TPSA) is 88.8 Å². The fraction of sp³-hybridized carbons (Fsp3) is 0.320. The number of halogens is 1. The highest BCUT2D eigenvalue weighted by atomic mass is 19.1. The van der Waals surface area contributed by atoms with E-state index in [9.17, 15) is 9.18 Å². The number of fused-ring (bicyclic) bond motifs is 2. The van der Waals surface area contributed by atoms with Gasteiger partial charge in [0.05, 0.1) is 22.9 Å². The van der Waals surface area contributed by atoms with Crippen LogP contribution in [0.5, 0.6) is 0 Å². The first-order valence-corrected chi connectivity index (χ1v) is 11.5. The van der Waals surface area contributed by atoms with E-state index in [4.69, 9.17) is 15.1 Å². The van der Waals surface area contributed by atoms with Crippen molar-refractivity contribution in [2.75, 3.05) is 23.3 Å². The van der Waals surface area contributed by atoms with Crippen LogP contribution in [0.4, 0.5) is 16.0 Å². The first kappa shape index (κ1) is 20.7. The molecule has 1 saturated heterocycles. The van der Waals surface area contributed by atoms with E-state index < -0.39 is 5.41 Å². The summed E-state index contributed by atoms with van der Waals surface area (Å²) < 4.78 is 16.0. The van der Waals surface area contributed by atoms with Crippen molar-refractivity contribution in [2.24, 2.45) is 0 Å². The summed E-state index contributed by atoms with van der Waals surface area (Å²) in [4.78, 5) is 29.2. The maximum Gasteiger partial charge on any atom is 0.235 e. The molecule has 0 unspecified atom stereocenters. The van der Waals surface area contributed by atoms with Gasteiger partial charge in [0.1, 0.15) is 23.1 Å². The fourth-order valence-electron chi connectivity index (χ4n) is 4.83. The molecule has 1 fully saturated rings. The summed E-state index contributed by atoms with van der Waals surface area (Å²) in [6.45, 7) is 5.81. The number of carbonyl (C=O) groups excluding carboxylic acids is 1. The number of rotatable bonds is 4. The fourth-order valence-corrected chi connectivity index (χ4v) is 4.83. The summed E-state index contributed by atoms with van der Waals surface area (Å²) in [7, 11) is 0. The molecule has 172 valence electrons. The van der Waals surface area contributed by atoms with Crippen molar-refractivity contribution in [2.45, 2.75) is 38.6 Å². The molecule has 4 aromatic rings. The average Bonchev–Trinajstić information content (AvgIpc) is 3.53. The molecule has 0 spiro atoms. The molecule has 0 saturated carbocycles. The number of benzene rings is 1. The van der Waals surface area contributed by atoms with Crippen LogP contribution in [0.25, 0.3) is 22.6 Å². The minimum Gasteiger partial charge on any atom is -0.356 e. The molecule has 2 aliphatic rings. The summed E-state index contributed by atoms with van der Waals surface area (Å²) in [5.74, 6) is 1.35. The van der Waals surface area contributed by atoms with Gasteiger partial charge in [0, 0.05) is 24.8 Å². The molecule has 1 N–H and O–H groups in total. The first-order valence-electron chi connectivity index (χ1n) is 11.5. The highest BCUT2D eigenvalue weighted by molar-refractivity contribution is 6.06. The average molecular weight is 458 g/mol. The Bertz CT molecular complexity index is 1440. The van der Waals surface area contributed by atoms with Crippen molar-refractivity contribution >= 4 is 28.6 Å². The van der Waals surface area contributed by atoms with Gasteiger partial charge in [-0.05, 0) is 44.9 Å². The largest absolute Gasteiger partial charge is 0.356 e. The molecule has 0 atom stereocenters. The third kappa shape index (κ3) is 3.14. The van der Waals surface area contributed by atoms with Crippen molar-refractivity contribution in [3.8, 4) is 11.5 Å². The second-order valence-corrected chi connectivity index (χ2v) is 9.34. The van der Waals surface area contributed by atoms with Crippen LogP contribution in [0.3, 0.4) is 0 Å². The van der Waals surface area contributed by atoms with Gasteiger partial charge in [0.2, 0.25) is 5.91 Å². The third-order valence-corrected chi connectivity index (χ3v) is 6.72. The Kier molecular flexibility index (Phi) is 4.62. The summed E-state index contributed by atoms with van der Waals surface area (Å²) >= 11 is 0. The highest BCUT2D eigenvalue weighted by Crippen LogP contribution is 2.43. The molecular formula is C25H24FN7O. The second-order valence-electron chi connectivity index (χ2n) is 9.34. The van der Waals surface area contributed by atoms with E-state index >= 15 is 0 Å². The molecule has 8 nitrogen and oxygen atoms in total. The van der Waals surface area contributed by atoms with E-state index in [1.165, 1.54) is 6.07 Å². The maximum absolute atomic E-state index is 14.4. The number of hydrogen-bond acceptors (Lipinski definition) is 6. The lowest BCUT2D eigenvalue weighted by Gasteiger charge is -2.24. The number of hydrogen-bond donors (Lipinski definition) is 1. The second kappa shape index (κ2) is 7.58. The number of nitrogens with one attached hydrogen (secondary N) is 1. The van der Waals surface area contributed by atoms with Crippen molar-refractivity contribution in [3.05, 3.63) is 59.5 Å². The van der Waals surface area contributed by atoms with Crippen LogP contribution in [0.2, 0.25) is 0 Å². The number of amides is 1. The molecule has 5 heterocycles. The maximum atomic E-state index is 14.4. The highest BCUT2D eigenvalue weighted by Gasteiger charge is 2.44. The van der Waals surface area contributed by atoms with Crippen LogP contribution in [0.1, 0.15) is 37.8 Å². The molecule has 3 aromatic heterocycles. The van der Waals surface area contributed by atoms with Gasteiger partial charge in [-0.2, -0.15) is 5.10 Å². The van der Waals surface area contributed by atoms with E-state index in [2.05, 4.69) is 15.2 Å². The molecular weight excluding hydrogens is 433 g/mol. The van der Waals surface area contributed by atoms with Gasteiger partial charge in [0.15, 0.2) is 11.5 Å². The summed E-state index contributed by atoms with van der Waals surface area (Å²) in [5.41, 5.74) is 1.81. The van der Waals surface area contributed by atoms with E-state index in [0.29, 0.717) is 28.5 Å². The van der Waals surface area contributed by atoms with Crippen LogP contribution in [-0.4, -0.2) is 43.7 Å². The molecule has 6 rings (SSSR count). The normalized spacial score (nSPS) is 16.8. The van der Waals surface area contributed by atoms with Crippen molar-refractivity contribution < 1.29 is 9.18 Å². The van der Waals surface area contributed by atoms with Crippen LogP contribution in [0, 0.1) is 5.82 Å². The van der Waals surface area contributed by atoms with E-state index in [1.807, 2.05) is 26.0 Å². The van der Waals surface area contributed by atoms with Crippen molar-refractivity contribution in [3.63, 3.8) is 0 Å². The van der Waals surface area contributed by atoms with Crippen LogP contribution < -0.4 is 10.2 Å². The molecule has 0 radical (unpaired) electrons.